The second-order valence-corrected chi connectivity index (χ2v) is 3.85. The molecule has 0 saturated carbocycles. The molecule has 0 bridgehead atoms. The predicted molar refractivity (Wildman–Crippen MR) is 61.0 cm³/mol. The summed E-state index contributed by atoms with van der Waals surface area (Å²) in [6, 6.07) is 0.0766. The van der Waals surface area contributed by atoms with Crippen molar-refractivity contribution in [3.05, 3.63) is 17.0 Å². The summed E-state index contributed by atoms with van der Waals surface area (Å²) in [5, 5.41) is 16.7. The molecule has 4 nitrogen and oxygen atoms in total. The number of hydrogen-bond acceptors (Lipinski definition) is 3. The van der Waals surface area contributed by atoms with Crippen molar-refractivity contribution in [3.8, 4) is 0 Å². The van der Waals surface area contributed by atoms with Gasteiger partial charge in [-0.2, -0.15) is 5.10 Å². The molecule has 1 unspecified atom stereocenters. The van der Waals surface area contributed by atoms with E-state index in [2.05, 4.69) is 24.3 Å². The molecule has 1 heterocycles. The Hall–Kier alpha value is -0.870. The Labute approximate surface area is 91.3 Å². The number of likely N-dealkylation sites (N-methyl/N-ethyl adjacent to an activating group) is 1. The fourth-order valence-electron chi connectivity index (χ4n) is 1.87. The normalized spacial score (nSPS) is 13.1. The SMILES string of the molecule is CCc1c(C)nn(CC(CO)NC)c1C. The molecule has 0 aliphatic heterocycles. The van der Waals surface area contributed by atoms with Gasteiger partial charge in [0.1, 0.15) is 0 Å². The van der Waals surface area contributed by atoms with E-state index in [-0.39, 0.29) is 12.6 Å². The van der Waals surface area contributed by atoms with E-state index in [0.29, 0.717) is 0 Å². The first-order valence-electron chi connectivity index (χ1n) is 5.45. The minimum atomic E-state index is 0.0766. The zero-order valence-electron chi connectivity index (χ0n) is 10.0. The van der Waals surface area contributed by atoms with Crippen LogP contribution in [0.25, 0.3) is 0 Å². The minimum Gasteiger partial charge on any atom is -0.395 e. The largest absolute Gasteiger partial charge is 0.395 e. The maximum atomic E-state index is 9.11. The Morgan fingerprint density at radius 2 is 2.13 bits per heavy atom. The van der Waals surface area contributed by atoms with Crippen LogP contribution in [0.5, 0.6) is 0 Å². The number of aliphatic hydroxyl groups is 1. The summed E-state index contributed by atoms with van der Waals surface area (Å²) < 4.78 is 1.98. The van der Waals surface area contributed by atoms with E-state index in [0.717, 1.165) is 18.7 Å². The van der Waals surface area contributed by atoms with Gasteiger partial charge in [-0.3, -0.25) is 4.68 Å². The van der Waals surface area contributed by atoms with E-state index >= 15 is 0 Å². The van der Waals surface area contributed by atoms with Crippen molar-refractivity contribution in [3.63, 3.8) is 0 Å². The van der Waals surface area contributed by atoms with Gasteiger partial charge >= 0.3 is 0 Å². The molecule has 0 aliphatic rings. The molecule has 1 rings (SSSR count). The van der Waals surface area contributed by atoms with Crippen molar-refractivity contribution in [2.45, 2.75) is 39.8 Å². The van der Waals surface area contributed by atoms with Gasteiger partial charge in [0.25, 0.3) is 0 Å². The Kier molecular flexibility index (Phi) is 4.29. The highest BCUT2D eigenvalue weighted by Crippen LogP contribution is 2.13. The second-order valence-electron chi connectivity index (χ2n) is 3.85. The maximum absolute atomic E-state index is 9.11. The number of aromatic nitrogens is 2. The van der Waals surface area contributed by atoms with Crippen LogP contribution in [-0.4, -0.2) is 34.6 Å². The molecule has 0 saturated heterocycles. The van der Waals surface area contributed by atoms with Gasteiger partial charge in [0, 0.05) is 11.7 Å². The van der Waals surface area contributed by atoms with Gasteiger partial charge < -0.3 is 10.4 Å². The topological polar surface area (TPSA) is 50.1 Å². The quantitative estimate of drug-likeness (QED) is 0.751. The van der Waals surface area contributed by atoms with Crippen molar-refractivity contribution in [1.82, 2.24) is 15.1 Å². The lowest BCUT2D eigenvalue weighted by atomic mass is 10.1. The standard InChI is InChI=1S/C11H21N3O/c1-5-11-8(2)13-14(9(11)3)6-10(7-15)12-4/h10,12,15H,5-7H2,1-4H3. The smallest absolute Gasteiger partial charge is 0.0628 e. The highest BCUT2D eigenvalue weighted by atomic mass is 16.3. The first-order valence-corrected chi connectivity index (χ1v) is 5.45. The molecule has 0 aliphatic carbocycles. The predicted octanol–water partition coefficient (Wildman–Crippen LogP) is 0.643. The molecule has 2 N–H and O–H groups in total. The average molecular weight is 211 g/mol. The molecule has 0 radical (unpaired) electrons. The van der Waals surface area contributed by atoms with Crippen molar-refractivity contribution in [1.29, 1.82) is 0 Å². The number of nitrogens with one attached hydrogen (secondary N) is 1. The van der Waals surface area contributed by atoms with Gasteiger partial charge in [-0.1, -0.05) is 6.92 Å². The number of hydrogen-bond donors (Lipinski definition) is 2. The Morgan fingerprint density at radius 3 is 2.53 bits per heavy atom. The van der Waals surface area contributed by atoms with Gasteiger partial charge in [-0.25, -0.2) is 0 Å². The third-order valence-electron chi connectivity index (χ3n) is 2.91. The second kappa shape index (κ2) is 5.28. The number of aryl methyl sites for hydroxylation is 1. The van der Waals surface area contributed by atoms with Crippen molar-refractivity contribution in [2.75, 3.05) is 13.7 Å². The van der Waals surface area contributed by atoms with E-state index < -0.39 is 0 Å². The molecule has 0 spiro atoms. The molecular weight excluding hydrogens is 190 g/mol. The first kappa shape index (κ1) is 12.2. The fraction of sp³-hybridized carbons (Fsp3) is 0.727. The van der Waals surface area contributed by atoms with Crippen LogP contribution in [-0.2, 0) is 13.0 Å². The summed E-state index contributed by atoms with van der Waals surface area (Å²) >= 11 is 0. The summed E-state index contributed by atoms with van der Waals surface area (Å²) in [5.41, 5.74) is 3.63. The van der Waals surface area contributed by atoms with Crippen molar-refractivity contribution in [2.24, 2.45) is 0 Å². The zero-order chi connectivity index (χ0) is 11.4. The van der Waals surface area contributed by atoms with Crippen molar-refractivity contribution >= 4 is 0 Å². The lowest BCUT2D eigenvalue weighted by Gasteiger charge is -2.14. The lowest BCUT2D eigenvalue weighted by Crippen LogP contribution is -2.34. The molecular formula is C11H21N3O. The van der Waals surface area contributed by atoms with Crippen molar-refractivity contribution < 1.29 is 5.11 Å². The van der Waals surface area contributed by atoms with Crippen LogP contribution in [0.1, 0.15) is 23.9 Å². The Bertz CT molecular complexity index is 316. The molecule has 15 heavy (non-hydrogen) atoms. The molecule has 0 fully saturated rings. The van der Waals surface area contributed by atoms with Gasteiger partial charge in [0.05, 0.1) is 18.8 Å². The summed E-state index contributed by atoms with van der Waals surface area (Å²) in [6.07, 6.45) is 1.01. The number of nitrogens with zero attached hydrogens (tertiary/aromatic N) is 2. The first-order chi connectivity index (χ1) is 7.13. The Balaban J connectivity index is 2.86. The van der Waals surface area contributed by atoms with Crippen LogP contribution in [0.3, 0.4) is 0 Å². The third-order valence-corrected chi connectivity index (χ3v) is 2.91. The summed E-state index contributed by atoms with van der Waals surface area (Å²) in [5.74, 6) is 0. The van der Waals surface area contributed by atoms with Gasteiger partial charge in [-0.05, 0) is 32.9 Å². The molecule has 1 aromatic heterocycles. The van der Waals surface area contributed by atoms with Crippen LogP contribution >= 0.6 is 0 Å². The zero-order valence-corrected chi connectivity index (χ0v) is 10.0. The van der Waals surface area contributed by atoms with Gasteiger partial charge in [0.2, 0.25) is 0 Å². The Morgan fingerprint density at radius 1 is 1.47 bits per heavy atom. The summed E-state index contributed by atoms with van der Waals surface area (Å²) in [7, 11) is 1.85. The lowest BCUT2D eigenvalue weighted by molar-refractivity contribution is 0.231. The molecule has 0 amide bonds. The van der Waals surface area contributed by atoms with E-state index in [9.17, 15) is 0 Å². The van der Waals surface area contributed by atoms with E-state index in [1.54, 1.807) is 0 Å². The molecule has 1 atom stereocenters. The average Bonchev–Trinajstić information content (AvgIpc) is 2.50. The van der Waals surface area contributed by atoms with E-state index in [1.165, 1.54) is 11.3 Å². The van der Waals surface area contributed by atoms with E-state index in [4.69, 9.17) is 5.11 Å². The maximum Gasteiger partial charge on any atom is 0.0628 e. The van der Waals surface area contributed by atoms with Crippen LogP contribution in [0, 0.1) is 13.8 Å². The molecule has 4 heteroatoms. The minimum absolute atomic E-state index is 0.0766. The molecule has 0 aromatic carbocycles. The number of aliphatic hydroxyl groups excluding tert-OH is 1. The summed E-state index contributed by atoms with van der Waals surface area (Å²) in [4.78, 5) is 0. The van der Waals surface area contributed by atoms with Gasteiger partial charge in [-0.15, -0.1) is 0 Å². The monoisotopic (exact) mass is 211 g/mol. The summed E-state index contributed by atoms with van der Waals surface area (Å²) in [6.45, 7) is 7.12. The fourth-order valence-corrected chi connectivity index (χ4v) is 1.87. The van der Waals surface area contributed by atoms with Gasteiger partial charge in [0.15, 0.2) is 0 Å². The molecule has 1 aromatic rings. The highest BCUT2D eigenvalue weighted by Gasteiger charge is 2.12. The number of rotatable bonds is 5. The third kappa shape index (κ3) is 2.58. The van der Waals surface area contributed by atoms with Crippen LogP contribution in [0.4, 0.5) is 0 Å². The van der Waals surface area contributed by atoms with Crippen LogP contribution < -0.4 is 5.32 Å². The van der Waals surface area contributed by atoms with Crippen LogP contribution in [0.2, 0.25) is 0 Å². The molecule has 86 valence electrons. The van der Waals surface area contributed by atoms with Crippen LogP contribution in [0.15, 0.2) is 0 Å². The highest BCUT2D eigenvalue weighted by molar-refractivity contribution is 5.24. The van der Waals surface area contributed by atoms with E-state index in [1.807, 2.05) is 18.7 Å².